The van der Waals surface area contributed by atoms with Crippen LogP contribution < -0.4 is 5.32 Å². The standard InChI is InChI=1S/C14H14F3NO5/c1-8(19)23-7-12(20)18-11(13(21)22)6-9-3-2-4-10(5-9)14(15,16)17/h2-5,11H,6-7H2,1H3,(H,18,20)(H,21,22)/t11-/m1/s1. The fraction of sp³-hybridized carbons (Fsp3) is 0.357. The molecule has 0 aromatic heterocycles. The number of carboxylic acids is 1. The Kier molecular flexibility index (Phi) is 6.11. The maximum Gasteiger partial charge on any atom is 0.416 e. The average molecular weight is 333 g/mol. The van der Waals surface area contributed by atoms with E-state index in [0.717, 1.165) is 25.1 Å². The molecule has 0 spiro atoms. The van der Waals surface area contributed by atoms with Crippen LogP contribution in [0, 0.1) is 0 Å². The molecule has 1 aromatic rings. The Morgan fingerprint density at radius 2 is 1.96 bits per heavy atom. The van der Waals surface area contributed by atoms with E-state index in [4.69, 9.17) is 5.11 Å². The zero-order valence-corrected chi connectivity index (χ0v) is 12.0. The second kappa shape index (κ2) is 7.61. The summed E-state index contributed by atoms with van der Waals surface area (Å²) in [6.07, 6.45) is -4.89. The number of carboxylic acid groups (broad SMARTS) is 1. The minimum atomic E-state index is -4.55. The van der Waals surface area contributed by atoms with Crippen molar-refractivity contribution in [3.05, 3.63) is 35.4 Å². The summed E-state index contributed by atoms with van der Waals surface area (Å²) < 4.78 is 42.3. The fourth-order valence-corrected chi connectivity index (χ4v) is 1.71. The number of aliphatic carboxylic acids is 1. The van der Waals surface area contributed by atoms with E-state index < -0.39 is 42.2 Å². The number of esters is 1. The summed E-state index contributed by atoms with van der Waals surface area (Å²) in [7, 11) is 0. The minimum absolute atomic E-state index is 0.0972. The molecule has 1 amide bonds. The molecule has 0 unspecified atom stereocenters. The number of hydrogen-bond acceptors (Lipinski definition) is 4. The van der Waals surface area contributed by atoms with E-state index in [1.165, 1.54) is 6.07 Å². The molecule has 2 N–H and O–H groups in total. The molecule has 126 valence electrons. The summed E-state index contributed by atoms with van der Waals surface area (Å²) in [5, 5.41) is 11.1. The molecule has 0 fully saturated rings. The molecule has 0 saturated carbocycles. The molecule has 0 aliphatic heterocycles. The van der Waals surface area contributed by atoms with Gasteiger partial charge >= 0.3 is 18.1 Å². The van der Waals surface area contributed by atoms with E-state index in [9.17, 15) is 27.6 Å². The zero-order chi connectivity index (χ0) is 17.6. The van der Waals surface area contributed by atoms with E-state index >= 15 is 0 Å². The number of amides is 1. The van der Waals surface area contributed by atoms with Crippen LogP contribution in [-0.4, -0.2) is 35.6 Å². The summed E-state index contributed by atoms with van der Waals surface area (Å²) in [5.74, 6) is -3.00. The lowest BCUT2D eigenvalue weighted by Crippen LogP contribution is -2.44. The second-order valence-corrected chi connectivity index (χ2v) is 4.64. The second-order valence-electron chi connectivity index (χ2n) is 4.64. The maximum atomic E-state index is 12.6. The topological polar surface area (TPSA) is 92.7 Å². The van der Waals surface area contributed by atoms with Crippen LogP contribution >= 0.6 is 0 Å². The van der Waals surface area contributed by atoms with Gasteiger partial charge in [-0.05, 0) is 11.6 Å². The maximum absolute atomic E-state index is 12.6. The Labute approximate surface area is 129 Å². The third-order valence-corrected chi connectivity index (χ3v) is 2.73. The van der Waals surface area contributed by atoms with E-state index in [2.05, 4.69) is 10.1 Å². The smallest absolute Gasteiger partial charge is 0.416 e. The molecule has 0 heterocycles. The molecule has 6 nitrogen and oxygen atoms in total. The molecule has 1 atom stereocenters. The van der Waals surface area contributed by atoms with Crippen molar-refractivity contribution in [3.8, 4) is 0 Å². The van der Waals surface area contributed by atoms with Crippen LogP contribution in [-0.2, 0) is 31.7 Å². The number of nitrogens with one attached hydrogen (secondary N) is 1. The Morgan fingerprint density at radius 1 is 1.30 bits per heavy atom. The summed E-state index contributed by atoms with van der Waals surface area (Å²) in [6.45, 7) is 0.409. The summed E-state index contributed by atoms with van der Waals surface area (Å²) in [4.78, 5) is 33.1. The summed E-state index contributed by atoms with van der Waals surface area (Å²) in [5.41, 5.74) is -0.814. The molecule has 1 rings (SSSR count). The number of benzene rings is 1. The Hall–Kier alpha value is -2.58. The highest BCUT2D eigenvalue weighted by Crippen LogP contribution is 2.29. The van der Waals surface area contributed by atoms with Crippen LogP contribution in [0.4, 0.5) is 13.2 Å². The van der Waals surface area contributed by atoms with Crippen molar-refractivity contribution in [2.75, 3.05) is 6.61 Å². The normalized spacial score (nSPS) is 12.3. The number of ether oxygens (including phenoxy) is 1. The Morgan fingerprint density at radius 3 is 2.48 bits per heavy atom. The summed E-state index contributed by atoms with van der Waals surface area (Å²) in [6, 6.07) is 2.70. The van der Waals surface area contributed by atoms with Gasteiger partial charge in [0.25, 0.3) is 5.91 Å². The van der Waals surface area contributed by atoms with Crippen LogP contribution in [0.15, 0.2) is 24.3 Å². The SMILES string of the molecule is CC(=O)OCC(=O)N[C@H](Cc1cccc(C(F)(F)F)c1)C(=O)O. The third kappa shape index (κ3) is 6.37. The molecule has 0 aliphatic carbocycles. The van der Waals surface area contributed by atoms with Crippen molar-refractivity contribution in [2.24, 2.45) is 0 Å². The number of hydrogen-bond donors (Lipinski definition) is 2. The van der Waals surface area contributed by atoms with Gasteiger partial charge in [0.05, 0.1) is 5.56 Å². The molecule has 0 bridgehead atoms. The van der Waals surface area contributed by atoms with Crippen LogP contribution in [0.5, 0.6) is 0 Å². The first kappa shape index (κ1) is 18.5. The summed E-state index contributed by atoms with van der Waals surface area (Å²) >= 11 is 0. The molecule has 0 aliphatic rings. The predicted molar refractivity (Wildman–Crippen MR) is 71.3 cm³/mol. The number of carbonyl (C=O) groups excluding carboxylic acids is 2. The molecule has 9 heteroatoms. The van der Waals surface area contributed by atoms with E-state index in [-0.39, 0.29) is 12.0 Å². The Balaban J connectivity index is 2.79. The van der Waals surface area contributed by atoms with E-state index in [1.807, 2.05) is 0 Å². The van der Waals surface area contributed by atoms with Crippen molar-refractivity contribution in [1.29, 1.82) is 0 Å². The van der Waals surface area contributed by atoms with Gasteiger partial charge < -0.3 is 15.2 Å². The van der Waals surface area contributed by atoms with Crippen molar-refractivity contribution >= 4 is 17.8 Å². The van der Waals surface area contributed by atoms with Gasteiger partial charge in [-0.3, -0.25) is 9.59 Å². The van der Waals surface area contributed by atoms with Crippen molar-refractivity contribution in [2.45, 2.75) is 25.6 Å². The molecule has 23 heavy (non-hydrogen) atoms. The van der Waals surface area contributed by atoms with Crippen LogP contribution in [0.2, 0.25) is 0 Å². The lowest BCUT2D eigenvalue weighted by atomic mass is 10.0. The van der Waals surface area contributed by atoms with Gasteiger partial charge in [0, 0.05) is 13.3 Å². The van der Waals surface area contributed by atoms with Crippen molar-refractivity contribution in [1.82, 2.24) is 5.32 Å². The minimum Gasteiger partial charge on any atom is -0.480 e. The van der Waals surface area contributed by atoms with Crippen LogP contribution in [0.25, 0.3) is 0 Å². The van der Waals surface area contributed by atoms with Gasteiger partial charge in [0.15, 0.2) is 6.61 Å². The number of rotatable bonds is 6. The third-order valence-electron chi connectivity index (χ3n) is 2.73. The van der Waals surface area contributed by atoms with Gasteiger partial charge in [-0.25, -0.2) is 4.79 Å². The first-order valence-corrected chi connectivity index (χ1v) is 6.41. The van der Waals surface area contributed by atoms with Gasteiger partial charge in [-0.1, -0.05) is 18.2 Å². The van der Waals surface area contributed by atoms with Crippen LogP contribution in [0.3, 0.4) is 0 Å². The zero-order valence-electron chi connectivity index (χ0n) is 12.0. The number of alkyl halides is 3. The van der Waals surface area contributed by atoms with Crippen molar-refractivity contribution < 1.29 is 37.4 Å². The highest BCUT2D eigenvalue weighted by molar-refractivity contribution is 5.85. The van der Waals surface area contributed by atoms with Crippen molar-refractivity contribution in [3.63, 3.8) is 0 Å². The predicted octanol–water partition coefficient (Wildman–Crippen LogP) is 1.38. The molecule has 0 radical (unpaired) electrons. The lowest BCUT2D eigenvalue weighted by molar-refractivity contribution is -0.148. The van der Waals surface area contributed by atoms with E-state index in [0.29, 0.717) is 0 Å². The quantitative estimate of drug-likeness (QED) is 0.767. The monoisotopic (exact) mass is 333 g/mol. The molecule has 0 saturated heterocycles. The van der Waals surface area contributed by atoms with E-state index in [1.54, 1.807) is 0 Å². The fourth-order valence-electron chi connectivity index (χ4n) is 1.71. The molecule has 1 aromatic carbocycles. The highest BCUT2D eigenvalue weighted by Gasteiger charge is 2.31. The van der Waals surface area contributed by atoms with Gasteiger partial charge in [-0.2, -0.15) is 13.2 Å². The first-order valence-electron chi connectivity index (χ1n) is 6.41. The van der Waals surface area contributed by atoms with Gasteiger partial charge in [0.2, 0.25) is 0 Å². The van der Waals surface area contributed by atoms with Gasteiger partial charge in [0.1, 0.15) is 6.04 Å². The van der Waals surface area contributed by atoms with Crippen LogP contribution in [0.1, 0.15) is 18.1 Å². The first-order chi connectivity index (χ1) is 10.6. The Bertz CT molecular complexity index is 600. The molecular formula is C14H14F3NO5. The number of halogens is 3. The number of carbonyl (C=O) groups is 3. The average Bonchev–Trinajstić information content (AvgIpc) is 2.43. The lowest BCUT2D eigenvalue weighted by Gasteiger charge is -2.15. The largest absolute Gasteiger partial charge is 0.480 e. The highest BCUT2D eigenvalue weighted by atomic mass is 19.4. The van der Waals surface area contributed by atoms with Gasteiger partial charge in [-0.15, -0.1) is 0 Å². The molecular weight excluding hydrogens is 319 g/mol.